The number of carbonyl (C=O) groups is 1. The fourth-order valence-corrected chi connectivity index (χ4v) is 2.24. The van der Waals surface area contributed by atoms with E-state index in [1.165, 1.54) is 24.2 Å². The second-order valence-corrected chi connectivity index (χ2v) is 4.86. The van der Waals surface area contributed by atoms with Crippen molar-refractivity contribution in [3.05, 3.63) is 11.1 Å². The molecule has 0 bridgehead atoms. The van der Waals surface area contributed by atoms with Crippen LogP contribution in [0.15, 0.2) is 5.38 Å². The molecule has 2 rings (SSSR count). The van der Waals surface area contributed by atoms with Gasteiger partial charge in [-0.1, -0.05) is 13.3 Å². The predicted molar refractivity (Wildman–Crippen MR) is 62.2 cm³/mol. The summed E-state index contributed by atoms with van der Waals surface area (Å²) in [6, 6.07) is 0. The van der Waals surface area contributed by atoms with Gasteiger partial charge in [0.1, 0.15) is 0 Å². The molecule has 1 aliphatic carbocycles. The highest BCUT2D eigenvalue weighted by Crippen LogP contribution is 2.40. The summed E-state index contributed by atoms with van der Waals surface area (Å²) in [5.41, 5.74) is 1.16. The number of hydrogen-bond acceptors (Lipinski definition) is 3. The summed E-state index contributed by atoms with van der Waals surface area (Å²) >= 11 is 1.54. The zero-order valence-corrected chi connectivity index (χ0v) is 9.77. The number of aromatic nitrogens is 1. The maximum Gasteiger partial charge on any atom is 0.226 e. The molecule has 82 valence electrons. The summed E-state index contributed by atoms with van der Waals surface area (Å²) in [7, 11) is 0. The molecule has 0 atom stereocenters. The van der Waals surface area contributed by atoms with Crippen LogP contribution in [0.25, 0.3) is 0 Å². The van der Waals surface area contributed by atoms with Gasteiger partial charge in [0.05, 0.1) is 5.69 Å². The number of nitrogens with one attached hydrogen (secondary N) is 1. The van der Waals surface area contributed by atoms with Crippen LogP contribution in [0, 0.1) is 0 Å². The first-order valence-electron chi connectivity index (χ1n) is 5.55. The van der Waals surface area contributed by atoms with Crippen LogP contribution in [-0.4, -0.2) is 10.9 Å². The van der Waals surface area contributed by atoms with Crippen molar-refractivity contribution in [2.75, 3.05) is 5.32 Å². The average Bonchev–Trinajstić information content (AvgIpc) is 2.98. The van der Waals surface area contributed by atoms with Crippen LogP contribution in [0.3, 0.4) is 0 Å². The van der Waals surface area contributed by atoms with Crippen LogP contribution < -0.4 is 5.32 Å². The fourth-order valence-electron chi connectivity index (χ4n) is 1.43. The van der Waals surface area contributed by atoms with Gasteiger partial charge in [-0.2, -0.15) is 0 Å². The van der Waals surface area contributed by atoms with Crippen molar-refractivity contribution in [3.8, 4) is 0 Å². The first kappa shape index (κ1) is 10.6. The molecule has 1 amide bonds. The third-order valence-electron chi connectivity index (χ3n) is 2.52. The standard InChI is InChI=1S/C11H16N2OS/c1-2-3-4-10(14)13-11-12-9(7-15-11)8-5-6-8/h7-8H,2-6H2,1H3,(H,12,13,14). The Hall–Kier alpha value is -0.900. The Bertz CT molecular complexity index is 344. The van der Waals surface area contributed by atoms with Crippen LogP contribution in [-0.2, 0) is 4.79 Å². The zero-order chi connectivity index (χ0) is 10.7. The van der Waals surface area contributed by atoms with E-state index in [1.807, 2.05) is 0 Å². The minimum Gasteiger partial charge on any atom is -0.302 e. The van der Waals surface area contributed by atoms with E-state index in [2.05, 4.69) is 22.6 Å². The van der Waals surface area contributed by atoms with E-state index < -0.39 is 0 Å². The highest BCUT2D eigenvalue weighted by atomic mass is 32.1. The number of unbranched alkanes of at least 4 members (excludes halogenated alkanes) is 1. The number of amides is 1. The zero-order valence-electron chi connectivity index (χ0n) is 8.95. The molecule has 1 aromatic heterocycles. The lowest BCUT2D eigenvalue weighted by Gasteiger charge is -1.99. The minimum atomic E-state index is 0.0912. The Balaban J connectivity index is 1.84. The van der Waals surface area contributed by atoms with E-state index in [1.54, 1.807) is 0 Å². The lowest BCUT2D eigenvalue weighted by molar-refractivity contribution is -0.116. The lowest BCUT2D eigenvalue weighted by atomic mass is 10.2. The maximum atomic E-state index is 11.4. The van der Waals surface area contributed by atoms with Gasteiger partial charge in [-0.05, 0) is 19.3 Å². The van der Waals surface area contributed by atoms with E-state index in [-0.39, 0.29) is 5.91 Å². The van der Waals surface area contributed by atoms with Gasteiger partial charge in [-0.25, -0.2) is 4.98 Å². The van der Waals surface area contributed by atoms with Crippen LogP contribution >= 0.6 is 11.3 Å². The summed E-state index contributed by atoms with van der Waals surface area (Å²) in [4.78, 5) is 15.8. The third-order valence-corrected chi connectivity index (χ3v) is 3.30. The smallest absolute Gasteiger partial charge is 0.226 e. The van der Waals surface area contributed by atoms with E-state index in [0.29, 0.717) is 12.3 Å². The molecule has 3 nitrogen and oxygen atoms in total. The van der Waals surface area contributed by atoms with Crippen LogP contribution in [0.2, 0.25) is 0 Å². The Morgan fingerprint density at radius 3 is 3.13 bits per heavy atom. The highest BCUT2D eigenvalue weighted by Gasteiger charge is 2.26. The molecule has 1 saturated carbocycles. The summed E-state index contributed by atoms with van der Waals surface area (Å²) in [5, 5.41) is 5.67. The number of rotatable bonds is 5. The molecule has 1 fully saturated rings. The van der Waals surface area contributed by atoms with Crippen molar-refractivity contribution in [2.45, 2.75) is 44.9 Å². The first-order valence-corrected chi connectivity index (χ1v) is 6.43. The third kappa shape index (κ3) is 3.02. The summed E-state index contributed by atoms with van der Waals surface area (Å²) in [5.74, 6) is 0.760. The molecular weight excluding hydrogens is 208 g/mol. The molecule has 1 N–H and O–H groups in total. The lowest BCUT2D eigenvalue weighted by Crippen LogP contribution is -2.10. The first-order chi connectivity index (χ1) is 7.29. The molecule has 15 heavy (non-hydrogen) atoms. The van der Waals surface area contributed by atoms with Gasteiger partial charge in [0.25, 0.3) is 0 Å². The second kappa shape index (κ2) is 4.75. The predicted octanol–water partition coefficient (Wildman–Crippen LogP) is 3.15. The van der Waals surface area contributed by atoms with Gasteiger partial charge in [0, 0.05) is 17.7 Å². The topological polar surface area (TPSA) is 42.0 Å². The molecule has 0 aromatic carbocycles. The Morgan fingerprint density at radius 2 is 2.47 bits per heavy atom. The van der Waals surface area contributed by atoms with Gasteiger partial charge in [-0.3, -0.25) is 4.79 Å². The molecule has 0 aliphatic heterocycles. The van der Waals surface area contributed by atoms with E-state index in [9.17, 15) is 4.79 Å². The van der Waals surface area contributed by atoms with Gasteiger partial charge in [0.15, 0.2) is 5.13 Å². The van der Waals surface area contributed by atoms with Crippen molar-refractivity contribution in [3.63, 3.8) is 0 Å². The number of anilines is 1. The largest absolute Gasteiger partial charge is 0.302 e. The number of thiazole rings is 1. The molecule has 0 radical (unpaired) electrons. The molecular formula is C11H16N2OS. The van der Waals surface area contributed by atoms with E-state index >= 15 is 0 Å². The van der Waals surface area contributed by atoms with E-state index in [4.69, 9.17) is 0 Å². The van der Waals surface area contributed by atoms with Gasteiger partial charge < -0.3 is 5.32 Å². The van der Waals surface area contributed by atoms with Crippen molar-refractivity contribution in [2.24, 2.45) is 0 Å². The number of hydrogen-bond donors (Lipinski definition) is 1. The van der Waals surface area contributed by atoms with Crippen LogP contribution in [0.1, 0.15) is 50.6 Å². The Morgan fingerprint density at radius 1 is 1.67 bits per heavy atom. The monoisotopic (exact) mass is 224 g/mol. The quantitative estimate of drug-likeness (QED) is 0.834. The number of carbonyl (C=O) groups excluding carboxylic acids is 1. The van der Waals surface area contributed by atoms with Gasteiger partial charge in [0.2, 0.25) is 5.91 Å². The van der Waals surface area contributed by atoms with E-state index in [0.717, 1.165) is 23.7 Å². The van der Waals surface area contributed by atoms with Gasteiger partial charge >= 0.3 is 0 Å². The Kier molecular flexibility index (Phi) is 3.36. The summed E-state index contributed by atoms with van der Waals surface area (Å²) < 4.78 is 0. The molecule has 4 heteroatoms. The molecule has 0 spiro atoms. The second-order valence-electron chi connectivity index (χ2n) is 4.00. The molecule has 1 heterocycles. The molecule has 0 saturated heterocycles. The molecule has 0 unspecified atom stereocenters. The average molecular weight is 224 g/mol. The SMILES string of the molecule is CCCCC(=O)Nc1nc(C2CC2)cs1. The molecule has 1 aliphatic rings. The van der Waals surface area contributed by atoms with Crippen molar-refractivity contribution in [1.82, 2.24) is 4.98 Å². The number of nitrogens with zero attached hydrogens (tertiary/aromatic N) is 1. The molecule has 1 aromatic rings. The Labute approximate surface area is 93.9 Å². The van der Waals surface area contributed by atoms with Crippen molar-refractivity contribution >= 4 is 22.4 Å². The van der Waals surface area contributed by atoms with Crippen LogP contribution in [0.4, 0.5) is 5.13 Å². The highest BCUT2D eigenvalue weighted by molar-refractivity contribution is 7.13. The van der Waals surface area contributed by atoms with Crippen molar-refractivity contribution in [1.29, 1.82) is 0 Å². The summed E-state index contributed by atoms with van der Waals surface area (Å²) in [6.07, 6.45) is 5.13. The normalized spacial score (nSPS) is 15.3. The fraction of sp³-hybridized carbons (Fsp3) is 0.636. The minimum absolute atomic E-state index is 0.0912. The van der Waals surface area contributed by atoms with Crippen molar-refractivity contribution < 1.29 is 4.79 Å². The van der Waals surface area contributed by atoms with Crippen LogP contribution in [0.5, 0.6) is 0 Å². The van der Waals surface area contributed by atoms with Gasteiger partial charge in [-0.15, -0.1) is 11.3 Å². The summed E-state index contributed by atoms with van der Waals surface area (Å²) in [6.45, 7) is 2.09. The maximum absolute atomic E-state index is 11.4.